The second-order valence-electron chi connectivity index (χ2n) is 10.1. The van der Waals surface area contributed by atoms with Gasteiger partial charge >= 0.3 is 0 Å². The van der Waals surface area contributed by atoms with Crippen molar-refractivity contribution in [3.63, 3.8) is 0 Å². The molecule has 3 rings (SSSR count). The van der Waals surface area contributed by atoms with Gasteiger partial charge in [-0.2, -0.15) is 0 Å². The molecular formula is C31H39N3O5S. The summed E-state index contributed by atoms with van der Waals surface area (Å²) in [6, 6.07) is 19.9. The number of sulfonamides is 1. The number of carbonyl (C=O) groups excluding carboxylic acids is 2. The van der Waals surface area contributed by atoms with Gasteiger partial charge in [0, 0.05) is 12.6 Å². The Labute approximate surface area is 238 Å². The number of hydrogen-bond acceptors (Lipinski definition) is 5. The average molecular weight is 566 g/mol. The lowest BCUT2D eigenvalue weighted by Crippen LogP contribution is -2.53. The van der Waals surface area contributed by atoms with Crippen LogP contribution in [0.25, 0.3) is 0 Å². The van der Waals surface area contributed by atoms with E-state index in [1.54, 1.807) is 36.4 Å². The summed E-state index contributed by atoms with van der Waals surface area (Å²) in [6.45, 7) is 9.00. The van der Waals surface area contributed by atoms with Crippen LogP contribution in [0.5, 0.6) is 5.75 Å². The van der Waals surface area contributed by atoms with Crippen molar-refractivity contribution in [1.29, 1.82) is 0 Å². The van der Waals surface area contributed by atoms with Gasteiger partial charge in [0.2, 0.25) is 11.8 Å². The van der Waals surface area contributed by atoms with E-state index in [-0.39, 0.29) is 29.1 Å². The third-order valence-electron chi connectivity index (χ3n) is 6.49. The Morgan fingerprint density at radius 3 is 2.20 bits per heavy atom. The van der Waals surface area contributed by atoms with Gasteiger partial charge in [0.1, 0.15) is 18.3 Å². The standard InChI is InChI=1S/C31H39N3O5S/c1-7-27(31(36)32-22(2)3)33(20-25-12-10-11-24(5)19-25)30(35)21-34(28-13-8-9-14-29(28)39-6)40(37,38)26-17-15-23(4)16-18-26/h8-19,22,27H,7,20-21H2,1-6H3,(H,32,36)/t27-/m0/s1. The van der Waals surface area contributed by atoms with Crippen LogP contribution in [0.4, 0.5) is 5.69 Å². The van der Waals surface area contributed by atoms with Crippen LogP contribution in [-0.2, 0) is 26.2 Å². The molecule has 0 spiro atoms. The Balaban J connectivity index is 2.10. The molecule has 0 radical (unpaired) electrons. The molecule has 0 aliphatic heterocycles. The lowest BCUT2D eigenvalue weighted by molar-refractivity contribution is -0.140. The van der Waals surface area contributed by atoms with Crippen molar-refractivity contribution < 1.29 is 22.7 Å². The number of rotatable bonds is 12. The van der Waals surface area contributed by atoms with Gasteiger partial charge in [-0.1, -0.05) is 66.6 Å². The van der Waals surface area contributed by atoms with Crippen LogP contribution in [0.2, 0.25) is 0 Å². The zero-order chi connectivity index (χ0) is 29.4. The number of hydrogen-bond donors (Lipinski definition) is 1. The largest absolute Gasteiger partial charge is 0.495 e. The quantitative estimate of drug-likeness (QED) is 0.339. The van der Waals surface area contributed by atoms with Crippen molar-refractivity contribution in [1.82, 2.24) is 10.2 Å². The first kappa shape index (κ1) is 30.7. The van der Waals surface area contributed by atoms with E-state index in [9.17, 15) is 18.0 Å². The van der Waals surface area contributed by atoms with Gasteiger partial charge in [-0.3, -0.25) is 13.9 Å². The Hall–Kier alpha value is -3.85. The number of anilines is 1. The van der Waals surface area contributed by atoms with E-state index in [1.165, 1.54) is 24.1 Å². The molecule has 8 nitrogen and oxygen atoms in total. The van der Waals surface area contributed by atoms with Crippen LogP contribution in [0, 0.1) is 13.8 Å². The summed E-state index contributed by atoms with van der Waals surface area (Å²) in [5.41, 5.74) is 3.00. The fraction of sp³-hybridized carbons (Fsp3) is 0.355. The van der Waals surface area contributed by atoms with Crippen molar-refractivity contribution in [2.45, 2.75) is 64.6 Å². The maximum Gasteiger partial charge on any atom is 0.264 e. The third kappa shape index (κ3) is 7.41. The van der Waals surface area contributed by atoms with Crippen LogP contribution in [-0.4, -0.2) is 50.9 Å². The topological polar surface area (TPSA) is 96.0 Å². The Bertz CT molecular complexity index is 1420. The van der Waals surface area contributed by atoms with E-state index in [0.717, 1.165) is 21.0 Å². The molecule has 0 aliphatic carbocycles. The molecule has 0 aromatic heterocycles. The van der Waals surface area contributed by atoms with Crippen LogP contribution >= 0.6 is 0 Å². The smallest absolute Gasteiger partial charge is 0.264 e. The Morgan fingerprint density at radius 1 is 0.925 bits per heavy atom. The number of para-hydroxylation sites is 2. The van der Waals surface area contributed by atoms with E-state index in [1.807, 2.05) is 58.9 Å². The number of ether oxygens (including phenoxy) is 1. The average Bonchev–Trinajstić information content (AvgIpc) is 2.91. The molecule has 3 aromatic carbocycles. The normalized spacial score (nSPS) is 12.1. The number of carbonyl (C=O) groups is 2. The third-order valence-corrected chi connectivity index (χ3v) is 8.27. The van der Waals surface area contributed by atoms with Crippen molar-refractivity contribution in [2.75, 3.05) is 18.0 Å². The van der Waals surface area contributed by atoms with Crippen molar-refractivity contribution in [2.24, 2.45) is 0 Å². The molecule has 0 heterocycles. The fourth-order valence-corrected chi connectivity index (χ4v) is 5.92. The highest BCUT2D eigenvalue weighted by Gasteiger charge is 2.34. The van der Waals surface area contributed by atoms with Gasteiger partial charge < -0.3 is 15.0 Å². The predicted octanol–water partition coefficient (Wildman–Crippen LogP) is 4.84. The second kappa shape index (κ2) is 13.5. The molecule has 40 heavy (non-hydrogen) atoms. The van der Waals surface area contributed by atoms with Gasteiger partial charge in [-0.05, 0) is 63.9 Å². The van der Waals surface area contributed by atoms with E-state index < -0.39 is 28.5 Å². The van der Waals surface area contributed by atoms with E-state index in [4.69, 9.17) is 4.74 Å². The van der Waals surface area contributed by atoms with Gasteiger partial charge in [0.25, 0.3) is 10.0 Å². The highest BCUT2D eigenvalue weighted by atomic mass is 32.2. The lowest BCUT2D eigenvalue weighted by atomic mass is 10.1. The molecule has 3 aromatic rings. The van der Waals surface area contributed by atoms with Crippen LogP contribution in [0.1, 0.15) is 43.9 Å². The van der Waals surface area contributed by atoms with E-state index in [2.05, 4.69) is 5.32 Å². The highest BCUT2D eigenvalue weighted by molar-refractivity contribution is 7.92. The number of methoxy groups -OCH3 is 1. The molecule has 0 aliphatic rings. The van der Waals surface area contributed by atoms with Crippen LogP contribution in [0.3, 0.4) is 0 Å². The van der Waals surface area contributed by atoms with Crippen molar-refractivity contribution in [3.05, 3.63) is 89.5 Å². The maximum atomic E-state index is 14.1. The molecule has 0 fully saturated rings. The SMILES string of the molecule is CC[C@@H](C(=O)NC(C)C)N(Cc1cccc(C)c1)C(=O)CN(c1ccccc1OC)S(=O)(=O)c1ccc(C)cc1. The lowest BCUT2D eigenvalue weighted by Gasteiger charge is -2.34. The molecular weight excluding hydrogens is 526 g/mol. The minimum atomic E-state index is -4.18. The summed E-state index contributed by atoms with van der Waals surface area (Å²) in [5, 5.41) is 2.91. The minimum Gasteiger partial charge on any atom is -0.495 e. The molecule has 0 unspecified atom stereocenters. The van der Waals surface area contributed by atoms with Crippen molar-refractivity contribution in [3.8, 4) is 5.75 Å². The van der Waals surface area contributed by atoms with Crippen LogP contribution < -0.4 is 14.4 Å². The molecule has 1 atom stereocenters. The first-order valence-corrected chi connectivity index (χ1v) is 14.8. The summed E-state index contributed by atoms with van der Waals surface area (Å²) < 4.78 is 34.6. The number of aryl methyl sites for hydroxylation is 2. The predicted molar refractivity (Wildman–Crippen MR) is 158 cm³/mol. The monoisotopic (exact) mass is 565 g/mol. The second-order valence-corrected chi connectivity index (χ2v) is 12.0. The number of nitrogens with zero attached hydrogens (tertiary/aromatic N) is 2. The zero-order valence-electron chi connectivity index (χ0n) is 24.0. The molecule has 0 saturated heterocycles. The summed E-state index contributed by atoms with van der Waals surface area (Å²) in [4.78, 5) is 28.9. The summed E-state index contributed by atoms with van der Waals surface area (Å²) in [6.07, 6.45) is 0.357. The highest BCUT2D eigenvalue weighted by Crippen LogP contribution is 2.32. The summed E-state index contributed by atoms with van der Waals surface area (Å²) >= 11 is 0. The van der Waals surface area contributed by atoms with Gasteiger partial charge in [-0.25, -0.2) is 8.42 Å². The van der Waals surface area contributed by atoms with Crippen molar-refractivity contribution >= 4 is 27.5 Å². The van der Waals surface area contributed by atoms with Gasteiger partial charge in [0.05, 0.1) is 17.7 Å². The zero-order valence-corrected chi connectivity index (χ0v) is 24.9. The van der Waals surface area contributed by atoms with Gasteiger partial charge in [-0.15, -0.1) is 0 Å². The molecule has 0 saturated carbocycles. The Kier molecular flexibility index (Phi) is 10.3. The summed E-state index contributed by atoms with van der Waals surface area (Å²) in [5.74, 6) is -0.488. The maximum absolute atomic E-state index is 14.1. The van der Waals surface area contributed by atoms with Crippen LogP contribution in [0.15, 0.2) is 77.7 Å². The van der Waals surface area contributed by atoms with E-state index >= 15 is 0 Å². The molecule has 2 amide bonds. The number of benzene rings is 3. The van der Waals surface area contributed by atoms with Gasteiger partial charge in [0.15, 0.2) is 0 Å². The number of nitrogens with one attached hydrogen (secondary N) is 1. The Morgan fingerprint density at radius 2 is 1.60 bits per heavy atom. The molecule has 9 heteroatoms. The number of amides is 2. The molecule has 1 N–H and O–H groups in total. The molecule has 214 valence electrons. The first-order valence-electron chi connectivity index (χ1n) is 13.4. The fourth-order valence-electron chi connectivity index (χ4n) is 4.49. The minimum absolute atomic E-state index is 0.0478. The van der Waals surface area contributed by atoms with E-state index in [0.29, 0.717) is 12.2 Å². The summed E-state index contributed by atoms with van der Waals surface area (Å²) in [7, 11) is -2.73. The molecule has 0 bridgehead atoms. The first-order chi connectivity index (χ1) is 19.0.